The Morgan fingerprint density at radius 3 is 3.08 bits per heavy atom. The number of ether oxygens (including phenoxy) is 1. The number of amides is 1. The van der Waals surface area contributed by atoms with E-state index in [0.717, 1.165) is 38.2 Å². The van der Waals surface area contributed by atoms with Gasteiger partial charge < -0.3 is 14.1 Å². The van der Waals surface area contributed by atoms with Gasteiger partial charge in [0.15, 0.2) is 0 Å². The summed E-state index contributed by atoms with van der Waals surface area (Å²) in [4.78, 5) is 21.2. The largest absolute Gasteiger partial charge is 0.472 e. The number of rotatable bonds is 5. The van der Waals surface area contributed by atoms with E-state index in [1.165, 1.54) is 5.56 Å². The predicted octanol–water partition coefficient (Wildman–Crippen LogP) is 2.31. The quantitative estimate of drug-likeness (QED) is 0.824. The number of aromatic nitrogens is 1. The van der Waals surface area contributed by atoms with Gasteiger partial charge in [0.1, 0.15) is 6.10 Å². The van der Waals surface area contributed by atoms with Crippen molar-refractivity contribution >= 4 is 5.91 Å². The second-order valence-electron chi connectivity index (χ2n) is 7.33. The first-order chi connectivity index (χ1) is 12.7. The Balaban J connectivity index is 1.32. The predicted molar refractivity (Wildman–Crippen MR) is 96.1 cm³/mol. The fourth-order valence-corrected chi connectivity index (χ4v) is 4.00. The number of furan rings is 1. The molecule has 6 nitrogen and oxygen atoms in total. The third kappa shape index (κ3) is 3.81. The van der Waals surface area contributed by atoms with Crippen LogP contribution in [-0.2, 0) is 22.6 Å². The zero-order valence-electron chi connectivity index (χ0n) is 15.1. The van der Waals surface area contributed by atoms with Gasteiger partial charge in [-0.2, -0.15) is 0 Å². The van der Waals surface area contributed by atoms with Crippen molar-refractivity contribution in [3.8, 4) is 0 Å². The van der Waals surface area contributed by atoms with Crippen molar-refractivity contribution < 1.29 is 13.9 Å². The van der Waals surface area contributed by atoms with Crippen LogP contribution >= 0.6 is 0 Å². The molecular formula is C20H25N3O3. The highest BCUT2D eigenvalue weighted by Crippen LogP contribution is 2.34. The number of likely N-dealkylation sites (tertiary alicyclic amines) is 1. The first kappa shape index (κ1) is 17.2. The molecule has 0 aromatic carbocycles. The maximum Gasteiger partial charge on any atom is 0.251 e. The first-order valence-electron chi connectivity index (χ1n) is 9.23. The Morgan fingerprint density at radius 2 is 2.31 bits per heavy atom. The van der Waals surface area contributed by atoms with Gasteiger partial charge in [-0.25, -0.2) is 0 Å². The number of likely N-dealkylation sites (N-methyl/N-ethyl adjacent to an activating group) is 1. The average Bonchev–Trinajstić information content (AvgIpc) is 3.31. The van der Waals surface area contributed by atoms with Gasteiger partial charge in [0.2, 0.25) is 0 Å². The summed E-state index contributed by atoms with van der Waals surface area (Å²) in [6.45, 7) is 3.31. The van der Waals surface area contributed by atoms with Crippen LogP contribution in [0.4, 0.5) is 0 Å². The van der Waals surface area contributed by atoms with Crippen LogP contribution in [0.3, 0.4) is 0 Å². The minimum atomic E-state index is -0.326. The Kier molecular flexibility index (Phi) is 5.04. The number of nitrogens with zero attached hydrogens (tertiary/aromatic N) is 3. The summed E-state index contributed by atoms with van der Waals surface area (Å²) in [6, 6.07) is 7.76. The van der Waals surface area contributed by atoms with Crippen molar-refractivity contribution in [3.05, 3.63) is 54.2 Å². The summed E-state index contributed by atoms with van der Waals surface area (Å²) >= 11 is 0. The van der Waals surface area contributed by atoms with E-state index in [4.69, 9.17) is 9.15 Å². The van der Waals surface area contributed by atoms with Gasteiger partial charge in [-0.1, -0.05) is 6.07 Å². The number of carbonyl (C=O) groups excluding carboxylic acids is 1. The normalized spacial score (nSPS) is 25.8. The molecule has 0 unspecified atom stereocenters. The SMILES string of the molecule is CN(Cc1ccccn1)C(=O)[C@H]1C[C@@H]2CCN(Cc3ccoc3)C[C@H]2O1. The summed E-state index contributed by atoms with van der Waals surface area (Å²) < 4.78 is 11.3. The molecule has 2 aromatic heterocycles. The zero-order chi connectivity index (χ0) is 17.9. The molecule has 0 aliphatic carbocycles. The van der Waals surface area contributed by atoms with Crippen molar-refractivity contribution in [3.63, 3.8) is 0 Å². The lowest BCUT2D eigenvalue weighted by molar-refractivity contribution is -0.143. The van der Waals surface area contributed by atoms with E-state index < -0.39 is 0 Å². The van der Waals surface area contributed by atoms with Crippen LogP contribution in [-0.4, -0.2) is 53.0 Å². The van der Waals surface area contributed by atoms with Gasteiger partial charge in [0.25, 0.3) is 5.91 Å². The van der Waals surface area contributed by atoms with E-state index in [1.807, 2.05) is 31.3 Å². The molecule has 0 spiro atoms. The van der Waals surface area contributed by atoms with Crippen LogP contribution in [0.5, 0.6) is 0 Å². The molecule has 6 heteroatoms. The molecule has 2 aliphatic heterocycles. The molecule has 4 heterocycles. The van der Waals surface area contributed by atoms with Gasteiger partial charge in [0.05, 0.1) is 30.9 Å². The standard InChI is InChI=1S/C20H25N3O3/c1-22(12-17-4-2-3-7-21-17)20(24)18-10-16-5-8-23(13-19(16)26-18)11-15-6-9-25-14-15/h2-4,6-7,9,14,16,18-19H,5,8,10-13H2,1H3/t16-,18+,19+/m0/s1. The maximum atomic E-state index is 12.8. The summed E-state index contributed by atoms with van der Waals surface area (Å²) in [5.41, 5.74) is 2.08. The number of pyridine rings is 1. The summed E-state index contributed by atoms with van der Waals surface area (Å²) in [5.74, 6) is 0.541. The van der Waals surface area contributed by atoms with E-state index in [1.54, 1.807) is 23.6 Å². The zero-order valence-corrected chi connectivity index (χ0v) is 15.1. The Morgan fingerprint density at radius 1 is 1.38 bits per heavy atom. The molecule has 2 fully saturated rings. The molecule has 3 atom stereocenters. The van der Waals surface area contributed by atoms with Gasteiger partial charge >= 0.3 is 0 Å². The lowest BCUT2D eigenvalue weighted by atomic mass is 9.91. The maximum absolute atomic E-state index is 12.8. The summed E-state index contributed by atoms with van der Waals surface area (Å²) in [6.07, 6.45) is 6.98. The molecule has 138 valence electrons. The van der Waals surface area contributed by atoms with E-state index in [2.05, 4.69) is 9.88 Å². The van der Waals surface area contributed by atoms with Gasteiger partial charge in [-0.15, -0.1) is 0 Å². The van der Waals surface area contributed by atoms with Crippen molar-refractivity contribution in [2.24, 2.45) is 5.92 Å². The van der Waals surface area contributed by atoms with E-state index >= 15 is 0 Å². The highest BCUT2D eigenvalue weighted by Gasteiger charge is 2.42. The minimum Gasteiger partial charge on any atom is -0.472 e. The molecular weight excluding hydrogens is 330 g/mol. The van der Waals surface area contributed by atoms with Crippen LogP contribution in [0.1, 0.15) is 24.1 Å². The van der Waals surface area contributed by atoms with Gasteiger partial charge in [0, 0.05) is 31.9 Å². The number of hydrogen-bond donors (Lipinski definition) is 0. The average molecular weight is 355 g/mol. The van der Waals surface area contributed by atoms with Crippen LogP contribution in [0.25, 0.3) is 0 Å². The second kappa shape index (κ2) is 7.60. The van der Waals surface area contributed by atoms with Crippen molar-refractivity contribution in [2.45, 2.75) is 38.1 Å². The van der Waals surface area contributed by atoms with E-state index in [0.29, 0.717) is 12.5 Å². The van der Waals surface area contributed by atoms with Gasteiger partial charge in [-0.05, 0) is 43.5 Å². The van der Waals surface area contributed by atoms with Crippen molar-refractivity contribution in [2.75, 3.05) is 20.1 Å². The minimum absolute atomic E-state index is 0.0615. The molecule has 0 saturated carbocycles. The fraction of sp³-hybridized carbons (Fsp3) is 0.500. The molecule has 2 aromatic rings. The lowest BCUT2D eigenvalue weighted by Crippen LogP contribution is -2.42. The number of hydrogen-bond acceptors (Lipinski definition) is 5. The third-order valence-corrected chi connectivity index (χ3v) is 5.40. The Hall–Kier alpha value is -2.18. The van der Waals surface area contributed by atoms with Gasteiger partial charge in [-0.3, -0.25) is 14.7 Å². The molecule has 0 bridgehead atoms. The Labute approximate surface area is 153 Å². The number of carbonyl (C=O) groups is 1. The molecule has 1 amide bonds. The molecule has 0 N–H and O–H groups in total. The number of piperidine rings is 1. The molecule has 2 saturated heterocycles. The van der Waals surface area contributed by atoms with Crippen LogP contribution in [0.15, 0.2) is 47.4 Å². The highest BCUT2D eigenvalue weighted by molar-refractivity contribution is 5.81. The van der Waals surface area contributed by atoms with Crippen LogP contribution in [0, 0.1) is 5.92 Å². The second-order valence-corrected chi connectivity index (χ2v) is 7.33. The van der Waals surface area contributed by atoms with E-state index in [9.17, 15) is 4.79 Å². The third-order valence-electron chi connectivity index (χ3n) is 5.40. The number of fused-ring (bicyclic) bond motifs is 1. The summed E-state index contributed by atoms with van der Waals surface area (Å²) in [5, 5.41) is 0. The molecule has 0 radical (unpaired) electrons. The molecule has 26 heavy (non-hydrogen) atoms. The molecule has 2 aliphatic rings. The van der Waals surface area contributed by atoms with Crippen molar-refractivity contribution in [1.29, 1.82) is 0 Å². The molecule has 4 rings (SSSR count). The highest BCUT2D eigenvalue weighted by atomic mass is 16.5. The van der Waals surface area contributed by atoms with Crippen LogP contribution in [0.2, 0.25) is 0 Å². The fourth-order valence-electron chi connectivity index (χ4n) is 4.00. The topological polar surface area (TPSA) is 58.8 Å². The van der Waals surface area contributed by atoms with Crippen molar-refractivity contribution in [1.82, 2.24) is 14.8 Å². The van der Waals surface area contributed by atoms with Crippen LogP contribution < -0.4 is 0 Å². The Bertz CT molecular complexity index is 719. The van der Waals surface area contributed by atoms with E-state index in [-0.39, 0.29) is 18.1 Å². The summed E-state index contributed by atoms with van der Waals surface area (Å²) in [7, 11) is 1.83. The smallest absolute Gasteiger partial charge is 0.251 e. The first-order valence-corrected chi connectivity index (χ1v) is 9.23. The lowest BCUT2D eigenvalue weighted by Gasteiger charge is -2.33. The monoisotopic (exact) mass is 355 g/mol.